The average Bonchev–Trinajstić information content (AvgIpc) is 3.99. The van der Waals surface area contributed by atoms with Crippen molar-refractivity contribution >= 4 is 28.0 Å². The van der Waals surface area contributed by atoms with Gasteiger partial charge in [-0.1, -0.05) is 24.7 Å². The summed E-state index contributed by atoms with van der Waals surface area (Å²) in [5.74, 6) is 4.38. The number of esters is 1. The number of fused-ring (bicyclic) bond motifs is 2. The molecule has 8 rings (SSSR count). The molecular weight excluding hydrogens is 620 g/mol. The van der Waals surface area contributed by atoms with Crippen LogP contribution in [0.4, 0.5) is 0 Å². The molecule has 0 bridgehead atoms. The fraction of sp³-hybridized carbons (Fsp3) is 0.447. The highest BCUT2D eigenvalue weighted by Gasteiger charge is 2.32. The number of carbonyl (C=O) groups excluding carboxylic acids is 1. The van der Waals surface area contributed by atoms with Crippen molar-refractivity contribution < 1.29 is 23.7 Å². The molecule has 2 fully saturated rings. The second kappa shape index (κ2) is 12.9. The molecule has 0 saturated heterocycles. The molecule has 2 aliphatic carbocycles. The number of aromatic nitrogens is 6. The van der Waals surface area contributed by atoms with Crippen molar-refractivity contribution in [3.05, 3.63) is 69.9 Å². The third-order valence-corrected chi connectivity index (χ3v) is 9.72. The lowest BCUT2D eigenvalue weighted by Gasteiger charge is -2.13. The van der Waals surface area contributed by atoms with Gasteiger partial charge in [-0.15, -0.1) is 0 Å². The standard InChI is InChI=1S/C19H23N3O2.C18H19N3O3.CH4/c1-5-16(23)14-8-13(17-10(2)21-24-11(17)3)9-15-18(14)22(4)19(20-15)12-6-7-12;1-9-15(10(2)24-20-9)12-7-13(18(22)23-4)16-14(8-12)19-17(21(16)3)11-5-6-11;/h8-9,12,16,23H,5-7H2,1-4H3;7-8,11H,5-6H2,1-4H3;1H4. The lowest BCUT2D eigenvalue weighted by Crippen LogP contribution is -2.06. The Kier molecular flexibility index (Phi) is 9.00. The summed E-state index contributed by atoms with van der Waals surface area (Å²) in [6.07, 6.45) is 4.89. The Hall–Kier alpha value is -4.77. The number of benzene rings is 2. The molecule has 2 saturated carbocycles. The monoisotopic (exact) mass is 666 g/mol. The van der Waals surface area contributed by atoms with E-state index in [0.717, 1.165) is 97.3 Å². The van der Waals surface area contributed by atoms with E-state index >= 15 is 0 Å². The van der Waals surface area contributed by atoms with Crippen molar-refractivity contribution in [2.45, 2.75) is 92.1 Å². The van der Waals surface area contributed by atoms with Gasteiger partial charge in [0.25, 0.3) is 0 Å². The topological polar surface area (TPSA) is 134 Å². The molecule has 1 unspecified atom stereocenters. The molecule has 2 aliphatic rings. The summed E-state index contributed by atoms with van der Waals surface area (Å²) in [7, 11) is 5.42. The molecule has 4 heterocycles. The number of imidazole rings is 2. The molecular formula is C38H46N6O5. The van der Waals surface area contributed by atoms with E-state index in [2.05, 4.69) is 34.1 Å². The Morgan fingerprint density at radius 1 is 0.837 bits per heavy atom. The zero-order chi connectivity index (χ0) is 34.0. The van der Waals surface area contributed by atoms with E-state index in [1.165, 1.54) is 20.0 Å². The fourth-order valence-corrected chi connectivity index (χ4v) is 7.01. The first-order valence-corrected chi connectivity index (χ1v) is 16.7. The second-order valence-electron chi connectivity index (χ2n) is 13.2. The van der Waals surface area contributed by atoms with Gasteiger partial charge >= 0.3 is 5.97 Å². The SMILES string of the molecule is C.CCC(O)c1cc(-c2c(C)noc2C)cc2nc(C3CC3)n(C)c12.COC(=O)c1cc(-c2c(C)noc2C)cc2nc(C3CC3)n(C)c12. The highest BCUT2D eigenvalue weighted by atomic mass is 16.5. The molecule has 0 radical (unpaired) electrons. The minimum absolute atomic E-state index is 0. The van der Waals surface area contributed by atoms with Crippen molar-refractivity contribution in [3.8, 4) is 22.3 Å². The maximum absolute atomic E-state index is 12.4. The molecule has 11 nitrogen and oxygen atoms in total. The van der Waals surface area contributed by atoms with E-state index in [-0.39, 0.29) is 13.4 Å². The predicted octanol–water partition coefficient (Wildman–Crippen LogP) is 8.31. The Bertz CT molecular complexity index is 2150. The van der Waals surface area contributed by atoms with Gasteiger partial charge in [0.1, 0.15) is 23.2 Å². The van der Waals surface area contributed by atoms with Gasteiger partial charge in [-0.05, 0) is 95.2 Å². The molecule has 1 atom stereocenters. The van der Waals surface area contributed by atoms with Crippen LogP contribution in [-0.4, -0.2) is 47.6 Å². The van der Waals surface area contributed by atoms with E-state index in [4.69, 9.17) is 23.8 Å². The van der Waals surface area contributed by atoms with E-state index in [0.29, 0.717) is 23.8 Å². The maximum atomic E-state index is 12.4. The number of aryl methyl sites for hydroxylation is 6. The van der Waals surface area contributed by atoms with E-state index in [1.807, 2.05) is 58.4 Å². The van der Waals surface area contributed by atoms with Crippen molar-refractivity contribution in [1.82, 2.24) is 29.4 Å². The quantitative estimate of drug-likeness (QED) is 0.167. The number of aliphatic hydroxyl groups is 1. The summed E-state index contributed by atoms with van der Waals surface area (Å²) in [5.41, 5.74) is 10.5. The van der Waals surface area contributed by atoms with Gasteiger partial charge in [0.15, 0.2) is 0 Å². The smallest absolute Gasteiger partial charge is 0.340 e. The molecule has 4 aromatic heterocycles. The van der Waals surface area contributed by atoms with Crippen LogP contribution in [0.15, 0.2) is 33.3 Å². The third kappa shape index (κ3) is 5.94. The molecule has 1 N–H and O–H groups in total. The summed E-state index contributed by atoms with van der Waals surface area (Å²) in [6, 6.07) is 8.01. The summed E-state index contributed by atoms with van der Waals surface area (Å²) >= 11 is 0. The molecule has 11 heteroatoms. The number of hydrogen-bond acceptors (Lipinski definition) is 9. The zero-order valence-electron chi connectivity index (χ0n) is 28.8. The maximum Gasteiger partial charge on any atom is 0.340 e. The van der Waals surface area contributed by atoms with E-state index in [9.17, 15) is 9.90 Å². The van der Waals surface area contributed by atoms with Crippen LogP contribution >= 0.6 is 0 Å². The predicted molar refractivity (Wildman–Crippen MR) is 189 cm³/mol. The van der Waals surface area contributed by atoms with E-state index in [1.54, 1.807) is 0 Å². The molecule has 49 heavy (non-hydrogen) atoms. The molecule has 258 valence electrons. The Morgan fingerprint density at radius 2 is 1.31 bits per heavy atom. The van der Waals surface area contributed by atoms with Gasteiger partial charge in [0, 0.05) is 42.6 Å². The van der Waals surface area contributed by atoms with Crippen LogP contribution in [0, 0.1) is 27.7 Å². The van der Waals surface area contributed by atoms with Crippen molar-refractivity contribution in [2.75, 3.05) is 7.11 Å². The molecule has 0 spiro atoms. The molecule has 0 amide bonds. The van der Waals surface area contributed by atoms with Crippen LogP contribution in [-0.2, 0) is 18.8 Å². The Morgan fingerprint density at radius 3 is 1.73 bits per heavy atom. The van der Waals surface area contributed by atoms with Gasteiger partial charge in [-0.2, -0.15) is 0 Å². The minimum Gasteiger partial charge on any atom is -0.465 e. The Labute approximate surface area is 286 Å². The number of aliphatic hydroxyl groups excluding tert-OH is 1. The summed E-state index contributed by atoms with van der Waals surface area (Å²) in [6.45, 7) is 9.62. The van der Waals surface area contributed by atoms with Crippen LogP contribution in [0.3, 0.4) is 0 Å². The zero-order valence-corrected chi connectivity index (χ0v) is 28.8. The first-order valence-electron chi connectivity index (χ1n) is 16.7. The number of rotatable bonds is 7. The fourth-order valence-electron chi connectivity index (χ4n) is 7.01. The number of carbonyl (C=O) groups is 1. The van der Waals surface area contributed by atoms with Crippen LogP contribution in [0.1, 0.15) is 115 Å². The summed E-state index contributed by atoms with van der Waals surface area (Å²) in [5, 5.41) is 18.7. The summed E-state index contributed by atoms with van der Waals surface area (Å²) < 4.78 is 19.8. The van der Waals surface area contributed by atoms with Gasteiger partial charge < -0.3 is 28.0 Å². The van der Waals surface area contributed by atoms with Gasteiger partial charge in [-0.3, -0.25) is 0 Å². The lowest BCUT2D eigenvalue weighted by atomic mass is 9.97. The van der Waals surface area contributed by atoms with Crippen LogP contribution in [0.5, 0.6) is 0 Å². The highest BCUT2D eigenvalue weighted by Crippen LogP contribution is 2.43. The summed E-state index contributed by atoms with van der Waals surface area (Å²) in [4.78, 5) is 22.0. The van der Waals surface area contributed by atoms with Crippen molar-refractivity contribution in [3.63, 3.8) is 0 Å². The van der Waals surface area contributed by atoms with Gasteiger partial charge in [0.05, 0.1) is 52.2 Å². The van der Waals surface area contributed by atoms with Gasteiger partial charge in [-0.25, -0.2) is 14.8 Å². The van der Waals surface area contributed by atoms with Crippen molar-refractivity contribution in [1.29, 1.82) is 0 Å². The van der Waals surface area contributed by atoms with Gasteiger partial charge in [0.2, 0.25) is 0 Å². The number of methoxy groups -OCH3 is 1. The van der Waals surface area contributed by atoms with Crippen LogP contribution < -0.4 is 0 Å². The average molecular weight is 667 g/mol. The largest absolute Gasteiger partial charge is 0.465 e. The number of nitrogens with zero attached hydrogens (tertiary/aromatic N) is 6. The van der Waals surface area contributed by atoms with E-state index < -0.39 is 6.10 Å². The van der Waals surface area contributed by atoms with Crippen LogP contribution in [0.25, 0.3) is 44.3 Å². The molecule has 2 aromatic carbocycles. The normalized spacial score (nSPS) is 14.9. The third-order valence-electron chi connectivity index (χ3n) is 9.72. The second-order valence-corrected chi connectivity index (χ2v) is 13.2. The Balaban J connectivity index is 0.000000167. The van der Waals surface area contributed by atoms with Crippen LogP contribution in [0.2, 0.25) is 0 Å². The number of ether oxygens (including phenoxy) is 1. The first-order chi connectivity index (χ1) is 23.0. The minimum atomic E-state index is -0.504. The highest BCUT2D eigenvalue weighted by molar-refractivity contribution is 6.04. The first kappa shape index (κ1) is 34.1. The lowest BCUT2D eigenvalue weighted by molar-refractivity contribution is 0.0602. The molecule has 6 aromatic rings. The van der Waals surface area contributed by atoms with Crippen molar-refractivity contribution in [2.24, 2.45) is 14.1 Å². The molecule has 0 aliphatic heterocycles. The number of hydrogen-bond donors (Lipinski definition) is 1.